The number of fused-ring (bicyclic) bond motifs is 1. The summed E-state index contributed by atoms with van der Waals surface area (Å²) < 4.78 is 4.53. The van der Waals surface area contributed by atoms with Crippen molar-refractivity contribution in [3.63, 3.8) is 0 Å². The van der Waals surface area contributed by atoms with E-state index in [-0.39, 0.29) is 0 Å². The first-order valence-corrected chi connectivity index (χ1v) is 5.68. The monoisotopic (exact) mass is 211 g/mol. The van der Waals surface area contributed by atoms with Crippen LogP contribution in [-0.4, -0.2) is 27.2 Å². The Hall–Kier alpha value is -0.916. The van der Waals surface area contributed by atoms with Crippen LogP contribution in [0.2, 0.25) is 0 Å². The van der Waals surface area contributed by atoms with E-state index in [4.69, 9.17) is 4.84 Å². The fraction of sp³-hybridized carbons (Fsp3) is 0.125. The molecule has 1 aromatic rings. The van der Waals surface area contributed by atoms with Gasteiger partial charge in [-0.25, -0.2) is 0 Å². The number of hydrogen-bond donors (Lipinski definition) is 0. The summed E-state index contributed by atoms with van der Waals surface area (Å²) in [5, 5.41) is 3.69. The molecule has 0 saturated heterocycles. The second-order valence-electron chi connectivity index (χ2n) is 2.60. The van der Waals surface area contributed by atoms with E-state index in [0.717, 1.165) is 33.1 Å². The molecule has 0 unspecified atom stereocenters. The van der Waals surface area contributed by atoms with Gasteiger partial charge >= 0.3 is 0 Å². The molecule has 0 saturated carbocycles. The minimum absolute atomic E-state index is 0.880. The van der Waals surface area contributed by atoms with E-state index in [2.05, 4.69) is 9.27 Å². The standard InChI is InChI=1S/C8H7NO.H6OSi2/c1-2-4-8-7(3-1)5-6-9-10-8;2-1-3/h1-4,6H,5H2;2-3H3. The van der Waals surface area contributed by atoms with E-state index < -0.39 is 0 Å². The number of benzene rings is 1. The topological polar surface area (TPSA) is 30.8 Å². The van der Waals surface area contributed by atoms with Crippen LogP contribution in [0.5, 0.6) is 5.75 Å². The first kappa shape index (κ1) is 10.2. The number of para-hydroxylation sites is 1. The average molecular weight is 211 g/mol. The highest BCUT2D eigenvalue weighted by Gasteiger charge is 2.03. The Balaban J connectivity index is 0.000000251. The van der Waals surface area contributed by atoms with Gasteiger partial charge in [-0.3, -0.25) is 0 Å². The van der Waals surface area contributed by atoms with Gasteiger partial charge < -0.3 is 8.95 Å². The normalized spacial score (nSPS) is 12.6. The zero-order valence-corrected chi connectivity index (χ0v) is 11.9. The molecule has 0 aromatic heterocycles. The van der Waals surface area contributed by atoms with Gasteiger partial charge in [0.25, 0.3) is 0 Å². The van der Waals surface area contributed by atoms with Crippen molar-refractivity contribution in [3.05, 3.63) is 29.8 Å². The molecule has 0 amide bonds. The molecule has 1 aliphatic rings. The molecule has 0 spiro atoms. The summed E-state index contributed by atoms with van der Waals surface area (Å²) >= 11 is 0. The molecule has 13 heavy (non-hydrogen) atoms. The summed E-state index contributed by atoms with van der Waals surface area (Å²) in [6.45, 7) is 0. The SMILES string of the molecule is C1=NOc2ccccc2C1.[SiH3]O[SiH3]. The maximum absolute atomic E-state index is 4.99. The third-order valence-electron chi connectivity index (χ3n) is 1.51. The molecule has 70 valence electrons. The molecule has 1 heterocycles. The van der Waals surface area contributed by atoms with Crippen molar-refractivity contribution in [2.45, 2.75) is 6.42 Å². The van der Waals surface area contributed by atoms with E-state index in [9.17, 15) is 0 Å². The average Bonchev–Trinajstić information content (AvgIpc) is 2.19. The number of rotatable bonds is 0. The first-order chi connectivity index (χ1) is 6.38. The fourth-order valence-electron chi connectivity index (χ4n) is 0.991. The van der Waals surface area contributed by atoms with Crippen molar-refractivity contribution >= 4 is 27.2 Å². The summed E-state index contributed by atoms with van der Waals surface area (Å²) in [6, 6.07) is 7.91. The summed E-state index contributed by atoms with van der Waals surface area (Å²) in [7, 11) is 1.86. The van der Waals surface area contributed by atoms with Gasteiger partial charge in [0.15, 0.2) is 5.75 Å². The first-order valence-electron chi connectivity index (χ1n) is 4.05. The molecule has 0 fully saturated rings. The Labute approximate surface area is 83.8 Å². The lowest BCUT2D eigenvalue weighted by molar-refractivity contribution is 0.334. The maximum Gasteiger partial charge on any atom is 0.161 e. The summed E-state index contributed by atoms with van der Waals surface area (Å²) in [6.07, 6.45) is 2.65. The molecule has 5 heteroatoms. The van der Waals surface area contributed by atoms with Gasteiger partial charge in [-0.15, -0.1) is 0 Å². The van der Waals surface area contributed by atoms with Crippen molar-refractivity contribution in [3.8, 4) is 5.75 Å². The molecule has 0 bridgehead atoms. The van der Waals surface area contributed by atoms with Gasteiger partial charge in [-0.05, 0) is 6.07 Å². The number of oxime groups is 1. The quantitative estimate of drug-likeness (QED) is 0.525. The van der Waals surface area contributed by atoms with E-state index in [0.29, 0.717) is 0 Å². The van der Waals surface area contributed by atoms with Crippen LogP contribution >= 0.6 is 0 Å². The third kappa shape index (κ3) is 3.13. The molecule has 1 aliphatic heterocycles. The Kier molecular flexibility index (Phi) is 4.44. The van der Waals surface area contributed by atoms with Crippen LogP contribution < -0.4 is 4.84 Å². The van der Waals surface area contributed by atoms with Crippen LogP contribution in [0, 0.1) is 0 Å². The summed E-state index contributed by atoms with van der Waals surface area (Å²) in [5.41, 5.74) is 1.21. The van der Waals surface area contributed by atoms with Crippen LogP contribution in [0.15, 0.2) is 29.4 Å². The highest BCUT2D eigenvalue weighted by molar-refractivity contribution is 6.15. The van der Waals surface area contributed by atoms with Crippen molar-refractivity contribution in [1.29, 1.82) is 0 Å². The summed E-state index contributed by atoms with van der Waals surface area (Å²) in [4.78, 5) is 4.99. The van der Waals surface area contributed by atoms with Gasteiger partial charge in [0.1, 0.15) is 21.0 Å². The Bertz CT molecular complexity index is 264. The lowest BCUT2D eigenvalue weighted by Gasteiger charge is -2.07. The van der Waals surface area contributed by atoms with Crippen LogP contribution in [0.3, 0.4) is 0 Å². The Morgan fingerprint density at radius 2 is 2.00 bits per heavy atom. The van der Waals surface area contributed by atoms with Crippen LogP contribution in [-0.2, 0) is 10.5 Å². The maximum atomic E-state index is 4.99. The van der Waals surface area contributed by atoms with Gasteiger partial charge in [-0.2, -0.15) is 0 Å². The highest BCUT2D eigenvalue weighted by Crippen LogP contribution is 2.20. The molecular weight excluding hydrogens is 198 g/mol. The predicted octanol–water partition coefficient (Wildman–Crippen LogP) is -0.829. The Morgan fingerprint density at radius 1 is 1.31 bits per heavy atom. The molecule has 2 rings (SSSR count). The van der Waals surface area contributed by atoms with Crippen LogP contribution in [0.25, 0.3) is 0 Å². The molecule has 3 nitrogen and oxygen atoms in total. The lowest BCUT2D eigenvalue weighted by Crippen LogP contribution is -1.98. The van der Waals surface area contributed by atoms with Crippen LogP contribution in [0.4, 0.5) is 0 Å². The van der Waals surface area contributed by atoms with E-state index in [1.54, 1.807) is 6.21 Å². The zero-order chi connectivity index (χ0) is 9.52. The molecule has 0 aliphatic carbocycles. The van der Waals surface area contributed by atoms with Crippen molar-refractivity contribution < 1.29 is 8.95 Å². The van der Waals surface area contributed by atoms with E-state index in [1.165, 1.54) is 5.56 Å². The van der Waals surface area contributed by atoms with Crippen LogP contribution in [0.1, 0.15) is 5.56 Å². The molecular formula is C8H13NO2Si2. The minimum atomic E-state index is 0.880. The predicted molar refractivity (Wildman–Crippen MR) is 60.2 cm³/mol. The molecule has 1 aromatic carbocycles. The van der Waals surface area contributed by atoms with E-state index in [1.807, 2.05) is 24.3 Å². The van der Waals surface area contributed by atoms with Gasteiger partial charge in [0, 0.05) is 18.2 Å². The van der Waals surface area contributed by atoms with E-state index >= 15 is 0 Å². The van der Waals surface area contributed by atoms with Crippen molar-refractivity contribution in [1.82, 2.24) is 0 Å². The highest BCUT2D eigenvalue weighted by atomic mass is 28.3. The van der Waals surface area contributed by atoms with Crippen molar-refractivity contribution in [2.24, 2.45) is 5.16 Å². The Morgan fingerprint density at radius 3 is 2.69 bits per heavy atom. The number of nitrogens with zero attached hydrogens (tertiary/aromatic N) is 1. The minimum Gasteiger partial charge on any atom is -0.471 e. The zero-order valence-electron chi connectivity index (χ0n) is 7.86. The van der Waals surface area contributed by atoms with Gasteiger partial charge in [-0.1, -0.05) is 23.4 Å². The number of hydrogen-bond acceptors (Lipinski definition) is 3. The molecule has 0 atom stereocenters. The largest absolute Gasteiger partial charge is 0.471 e. The smallest absolute Gasteiger partial charge is 0.161 e. The second-order valence-corrected chi connectivity index (χ2v) is 5.87. The third-order valence-corrected chi connectivity index (χ3v) is 1.51. The molecule has 0 radical (unpaired) electrons. The molecule has 0 N–H and O–H groups in total. The van der Waals surface area contributed by atoms with Gasteiger partial charge in [0.2, 0.25) is 0 Å². The lowest BCUT2D eigenvalue weighted by atomic mass is 10.1. The van der Waals surface area contributed by atoms with Gasteiger partial charge in [0.05, 0.1) is 0 Å². The second kappa shape index (κ2) is 5.68. The summed E-state index contributed by atoms with van der Waals surface area (Å²) in [5.74, 6) is 0.880. The van der Waals surface area contributed by atoms with Crippen molar-refractivity contribution in [2.75, 3.05) is 0 Å². The fourth-order valence-corrected chi connectivity index (χ4v) is 0.991.